The Hall–Kier alpha value is -1.44. The number of hydrogen-bond acceptors (Lipinski definition) is 5. The number of amides is 1. The Balaban J connectivity index is 1.95. The minimum absolute atomic E-state index is 0.224. The molecule has 1 N–H and O–H groups in total. The maximum atomic E-state index is 11.8. The van der Waals surface area contributed by atoms with Crippen LogP contribution in [0, 0.1) is 0 Å². The number of hydrogen-bond donors (Lipinski definition) is 1. The summed E-state index contributed by atoms with van der Waals surface area (Å²) in [5, 5.41) is 10.2. The standard InChI is InChI=1S/C11H13ClN4O2S/c1-16-6-7(14-15-16)11(17)13-5-8(18-2)9-3-4-10(12)19-9/h3-4,6,8H,5H2,1-2H3,(H,13,17)/t8-/m0/s1. The van der Waals surface area contributed by atoms with E-state index in [0.717, 1.165) is 4.88 Å². The molecule has 1 amide bonds. The summed E-state index contributed by atoms with van der Waals surface area (Å²) in [6.07, 6.45) is 1.33. The molecule has 19 heavy (non-hydrogen) atoms. The predicted molar refractivity (Wildman–Crippen MR) is 72.4 cm³/mol. The summed E-state index contributed by atoms with van der Waals surface area (Å²) < 4.78 is 7.50. The van der Waals surface area contributed by atoms with E-state index >= 15 is 0 Å². The lowest BCUT2D eigenvalue weighted by atomic mass is 10.3. The summed E-state index contributed by atoms with van der Waals surface area (Å²) in [4.78, 5) is 12.8. The van der Waals surface area contributed by atoms with Crippen LogP contribution in [0.2, 0.25) is 4.34 Å². The number of carbonyl (C=O) groups is 1. The Morgan fingerprint density at radius 3 is 2.95 bits per heavy atom. The molecule has 6 nitrogen and oxygen atoms in total. The van der Waals surface area contributed by atoms with Crippen LogP contribution in [0.15, 0.2) is 18.3 Å². The zero-order valence-corrected chi connectivity index (χ0v) is 12.0. The Kier molecular flexibility index (Phi) is 4.52. The third-order valence-electron chi connectivity index (χ3n) is 2.48. The number of halogens is 1. The van der Waals surface area contributed by atoms with Gasteiger partial charge in [0.2, 0.25) is 0 Å². The molecule has 0 saturated carbocycles. The monoisotopic (exact) mass is 300 g/mol. The number of rotatable bonds is 5. The van der Waals surface area contributed by atoms with Gasteiger partial charge in [-0.1, -0.05) is 16.8 Å². The van der Waals surface area contributed by atoms with Crippen molar-refractivity contribution >= 4 is 28.8 Å². The van der Waals surface area contributed by atoms with Gasteiger partial charge in [0.15, 0.2) is 5.69 Å². The first-order chi connectivity index (χ1) is 9.10. The van der Waals surface area contributed by atoms with Crippen LogP contribution in [0.1, 0.15) is 21.5 Å². The van der Waals surface area contributed by atoms with E-state index in [4.69, 9.17) is 16.3 Å². The average molecular weight is 301 g/mol. The van der Waals surface area contributed by atoms with Crippen molar-refractivity contribution in [2.75, 3.05) is 13.7 Å². The summed E-state index contributed by atoms with van der Waals surface area (Å²) in [7, 11) is 3.29. The van der Waals surface area contributed by atoms with Gasteiger partial charge in [-0.2, -0.15) is 0 Å². The summed E-state index contributed by atoms with van der Waals surface area (Å²) in [5.41, 5.74) is 0.279. The number of aromatic nitrogens is 3. The maximum Gasteiger partial charge on any atom is 0.273 e. The molecular formula is C11H13ClN4O2S. The molecule has 0 aliphatic rings. The molecule has 1 atom stereocenters. The molecule has 2 heterocycles. The molecule has 0 aliphatic carbocycles. The van der Waals surface area contributed by atoms with Crippen LogP contribution in [-0.2, 0) is 11.8 Å². The van der Waals surface area contributed by atoms with Gasteiger partial charge >= 0.3 is 0 Å². The van der Waals surface area contributed by atoms with E-state index in [2.05, 4.69) is 15.6 Å². The Morgan fingerprint density at radius 1 is 1.63 bits per heavy atom. The van der Waals surface area contributed by atoms with Gasteiger partial charge in [-0.15, -0.1) is 16.4 Å². The Bertz CT molecular complexity index is 569. The molecule has 102 valence electrons. The summed E-state index contributed by atoms with van der Waals surface area (Å²) >= 11 is 7.31. The summed E-state index contributed by atoms with van der Waals surface area (Å²) in [5.74, 6) is -0.280. The fraction of sp³-hybridized carbons (Fsp3) is 0.364. The molecule has 0 spiro atoms. The number of thiophene rings is 1. The highest BCUT2D eigenvalue weighted by Gasteiger charge is 2.16. The van der Waals surface area contributed by atoms with Gasteiger partial charge in [-0.25, -0.2) is 0 Å². The first kappa shape index (κ1) is 14.0. The SMILES string of the molecule is CO[C@@H](CNC(=O)c1cn(C)nn1)c1ccc(Cl)s1. The topological polar surface area (TPSA) is 69.0 Å². The van der Waals surface area contributed by atoms with E-state index in [-0.39, 0.29) is 17.7 Å². The normalized spacial score (nSPS) is 12.4. The van der Waals surface area contributed by atoms with Gasteiger partial charge < -0.3 is 10.1 Å². The molecule has 8 heteroatoms. The summed E-state index contributed by atoms with van der Waals surface area (Å²) in [6, 6.07) is 3.69. The van der Waals surface area contributed by atoms with E-state index in [1.165, 1.54) is 16.0 Å². The summed E-state index contributed by atoms with van der Waals surface area (Å²) in [6.45, 7) is 0.350. The van der Waals surface area contributed by atoms with Crippen LogP contribution < -0.4 is 5.32 Å². The molecule has 0 aromatic carbocycles. The second kappa shape index (κ2) is 6.14. The van der Waals surface area contributed by atoms with E-state index in [9.17, 15) is 4.79 Å². The molecule has 0 radical (unpaired) electrons. The van der Waals surface area contributed by atoms with Crippen LogP contribution in [-0.4, -0.2) is 34.6 Å². The van der Waals surface area contributed by atoms with Crippen molar-refractivity contribution in [3.8, 4) is 0 Å². The van der Waals surface area contributed by atoms with Crippen molar-refractivity contribution < 1.29 is 9.53 Å². The number of aryl methyl sites for hydroxylation is 1. The van der Waals surface area contributed by atoms with Gasteiger partial charge in [0.25, 0.3) is 5.91 Å². The largest absolute Gasteiger partial charge is 0.374 e. The molecule has 2 aromatic rings. The second-order valence-electron chi connectivity index (χ2n) is 3.85. The molecule has 0 saturated heterocycles. The minimum Gasteiger partial charge on any atom is -0.374 e. The highest BCUT2D eigenvalue weighted by Crippen LogP contribution is 2.28. The van der Waals surface area contributed by atoms with Gasteiger partial charge in [-0.05, 0) is 12.1 Å². The van der Waals surface area contributed by atoms with Crippen molar-refractivity contribution in [1.82, 2.24) is 20.3 Å². The number of ether oxygens (including phenoxy) is 1. The number of nitrogens with one attached hydrogen (secondary N) is 1. The van der Waals surface area contributed by atoms with Crippen molar-refractivity contribution in [3.63, 3.8) is 0 Å². The van der Waals surface area contributed by atoms with E-state index in [1.807, 2.05) is 6.07 Å². The fourth-order valence-corrected chi connectivity index (χ4v) is 2.67. The third-order valence-corrected chi connectivity index (χ3v) is 3.80. The smallest absolute Gasteiger partial charge is 0.273 e. The van der Waals surface area contributed by atoms with Gasteiger partial charge in [0.1, 0.15) is 6.10 Å². The lowest BCUT2D eigenvalue weighted by Crippen LogP contribution is -2.29. The van der Waals surface area contributed by atoms with Crippen molar-refractivity contribution in [1.29, 1.82) is 0 Å². The Labute approximate surface area is 119 Å². The highest BCUT2D eigenvalue weighted by atomic mass is 35.5. The lowest BCUT2D eigenvalue weighted by Gasteiger charge is -2.13. The van der Waals surface area contributed by atoms with Crippen LogP contribution in [0.4, 0.5) is 0 Å². The highest BCUT2D eigenvalue weighted by molar-refractivity contribution is 7.16. The maximum absolute atomic E-state index is 11.8. The zero-order valence-electron chi connectivity index (χ0n) is 10.5. The van der Waals surface area contributed by atoms with Gasteiger partial charge in [-0.3, -0.25) is 9.48 Å². The molecule has 0 bridgehead atoms. The first-order valence-electron chi connectivity index (χ1n) is 5.52. The number of carbonyl (C=O) groups excluding carboxylic acids is 1. The van der Waals surface area contributed by atoms with Crippen LogP contribution in [0.25, 0.3) is 0 Å². The molecule has 0 unspecified atom stereocenters. The lowest BCUT2D eigenvalue weighted by molar-refractivity contribution is 0.0833. The van der Waals surface area contributed by atoms with E-state index in [0.29, 0.717) is 10.9 Å². The molecule has 0 aliphatic heterocycles. The zero-order chi connectivity index (χ0) is 13.8. The first-order valence-corrected chi connectivity index (χ1v) is 6.72. The van der Waals surface area contributed by atoms with Crippen LogP contribution in [0.5, 0.6) is 0 Å². The molecule has 0 fully saturated rings. The van der Waals surface area contributed by atoms with Crippen LogP contribution >= 0.6 is 22.9 Å². The molecule has 2 aromatic heterocycles. The Morgan fingerprint density at radius 2 is 2.42 bits per heavy atom. The molecular weight excluding hydrogens is 288 g/mol. The third kappa shape index (κ3) is 3.52. The second-order valence-corrected chi connectivity index (χ2v) is 5.60. The van der Waals surface area contributed by atoms with Crippen molar-refractivity contribution in [2.24, 2.45) is 7.05 Å². The minimum atomic E-state index is -0.280. The average Bonchev–Trinajstić information content (AvgIpc) is 2.99. The fourth-order valence-electron chi connectivity index (χ4n) is 1.53. The number of methoxy groups -OCH3 is 1. The number of nitrogens with zero attached hydrogens (tertiary/aromatic N) is 3. The van der Waals surface area contributed by atoms with Gasteiger partial charge in [0.05, 0.1) is 10.5 Å². The van der Waals surface area contributed by atoms with E-state index < -0.39 is 0 Å². The van der Waals surface area contributed by atoms with E-state index in [1.54, 1.807) is 26.4 Å². The van der Waals surface area contributed by atoms with Gasteiger partial charge in [0, 0.05) is 25.6 Å². The van der Waals surface area contributed by atoms with Crippen molar-refractivity contribution in [2.45, 2.75) is 6.10 Å². The quantitative estimate of drug-likeness (QED) is 0.911. The molecule has 2 rings (SSSR count). The van der Waals surface area contributed by atoms with Crippen LogP contribution in [0.3, 0.4) is 0 Å². The predicted octanol–water partition coefficient (Wildman–Crippen LogP) is 1.65. The van der Waals surface area contributed by atoms with Crippen molar-refractivity contribution in [3.05, 3.63) is 33.2 Å².